The number of benzene rings is 1. The molecule has 1 saturated heterocycles. The summed E-state index contributed by atoms with van der Waals surface area (Å²) >= 11 is 3.37. The molecule has 1 fully saturated rings. The van der Waals surface area contributed by atoms with E-state index in [2.05, 4.69) is 44.1 Å². The van der Waals surface area contributed by atoms with E-state index in [1.165, 1.54) is 22.9 Å². The second-order valence-electron chi connectivity index (χ2n) is 7.41. The number of nitrogens with zero attached hydrogens (tertiary/aromatic N) is 3. The summed E-state index contributed by atoms with van der Waals surface area (Å²) in [5.74, 6) is 0.729. The number of thiazole rings is 1. The molecule has 6 nitrogen and oxygen atoms in total. The van der Waals surface area contributed by atoms with Gasteiger partial charge in [0.1, 0.15) is 6.10 Å². The molecule has 0 aliphatic carbocycles. The van der Waals surface area contributed by atoms with Crippen LogP contribution in [0.5, 0.6) is 0 Å². The Kier molecular flexibility index (Phi) is 7.20. The van der Waals surface area contributed by atoms with Crippen LogP contribution in [-0.2, 0) is 6.42 Å². The molecule has 4 rings (SSSR count). The Balaban J connectivity index is 1.30. The van der Waals surface area contributed by atoms with Gasteiger partial charge in [0.2, 0.25) is 0 Å². The minimum absolute atomic E-state index is 0.331. The lowest BCUT2D eigenvalue weighted by Gasteiger charge is -2.13. The Morgan fingerprint density at radius 3 is 2.90 bits per heavy atom. The van der Waals surface area contributed by atoms with Crippen molar-refractivity contribution in [2.45, 2.75) is 32.3 Å². The number of thiophene rings is 1. The fourth-order valence-corrected chi connectivity index (χ4v) is 5.51. The highest BCUT2D eigenvalue weighted by Gasteiger charge is 2.15. The minimum atomic E-state index is -0.598. The van der Waals surface area contributed by atoms with E-state index in [0.717, 1.165) is 54.3 Å². The van der Waals surface area contributed by atoms with Gasteiger partial charge in [0, 0.05) is 47.6 Å². The largest absolute Gasteiger partial charge is 0.386 e. The van der Waals surface area contributed by atoms with E-state index in [1.807, 2.05) is 19.1 Å². The number of hydrogen-bond acceptors (Lipinski definition) is 6. The third-order valence-corrected chi connectivity index (χ3v) is 7.30. The number of nitrogens with one attached hydrogen (secondary N) is 2. The van der Waals surface area contributed by atoms with Gasteiger partial charge in [-0.25, -0.2) is 4.98 Å². The maximum atomic E-state index is 10.6. The number of guanidine groups is 1. The van der Waals surface area contributed by atoms with Crippen molar-refractivity contribution in [3.05, 3.63) is 46.3 Å². The van der Waals surface area contributed by atoms with Gasteiger partial charge in [-0.2, -0.15) is 0 Å². The molecule has 3 aromatic rings. The molecule has 160 valence electrons. The zero-order valence-corrected chi connectivity index (χ0v) is 18.9. The van der Waals surface area contributed by atoms with Crippen molar-refractivity contribution in [3.63, 3.8) is 0 Å². The molecule has 3 heterocycles. The van der Waals surface area contributed by atoms with Crippen LogP contribution < -0.4 is 15.5 Å². The third kappa shape index (κ3) is 5.30. The van der Waals surface area contributed by atoms with Crippen LogP contribution >= 0.6 is 22.7 Å². The lowest BCUT2D eigenvalue weighted by atomic mass is 10.2. The van der Waals surface area contributed by atoms with Gasteiger partial charge in [-0.3, -0.25) is 4.99 Å². The molecule has 30 heavy (non-hydrogen) atoms. The SMILES string of the molecule is CCNC(=NCC(O)c1cc2ccccc2s1)NCCc1csc(N2CCCC2)n1. The molecule has 1 aliphatic rings. The van der Waals surface area contributed by atoms with Crippen LogP contribution in [0.1, 0.15) is 36.4 Å². The maximum absolute atomic E-state index is 10.6. The highest BCUT2D eigenvalue weighted by Crippen LogP contribution is 2.30. The van der Waals surface area contributed by atoms with Crippen LogP contribution in [0.3, 0.4) is 0 Å². The fourth-order valence-electron chi connectivity index (χ4n) is 3.55. The predicted molar refractivity (Wildman–Crippen MR) is 128 cm³/mol. The average molecular weight is 444 g/mol. The third-order valence-electron chi connectivity index (χ3n) is 5.13. The van der Waals surface area contributed by atoms with Crippen LogP contribution in [0, 0.1) is 0 Å². The van der Waals surface area contributed by atoms with Crippen molar-refractivity contribution >= 4 is 43.9 Å². The van der Waals surface area contributed by atoms with E-state index >= 15 is 0 Å². The Morgan fingerprint density at radius 2 is 2.10 bits per heavy atom. The molecule has 1 aliphatic heterocycles. The van der Waals surface area contributed by atoms with Crippen molar-refractivity contribution in [1.82, 2.24) is 15.6 Å². The zero-order valence-electron chi connectivity index (χ0n) is 17.3. The maximum Gasteiger partial charge on any atom is 0.191 e. The molecular formula is C22H29N5OS2. The summed E-state index contributed by atoms with van der Waals surface area (Å²) in [6.45, 7) is 6.17. The van der Waals surface area contributed by atoms with Gasteiger partial charge in [0.05, 0.1) is 12.2 Å². The summed E-state index contributed by atoms with van der Waals surface area (Å²) in [4.78, 5) is 12.7. The van der Waals surface area contributed by atoms with Gasteiger partial charge in [0.25, 0.3) is 0 Å². The molecule has 1 atom stereocenters. The zero-order chi connectivity index (χ0) is 20.8. The van der Waals surface area contributed by atoms with E-state index in [1.54, 1.807) is 22.7 Å². The number of rotatable bonds is 8. The van der Waals surface area contributed by atoms with Crippen LogP contribution in [0.25, 0.3) is 10.1 Å². The van der Waals surface area contributed by atoms with E-state index in [9.17, 15) is 5.11 Å². The topological polar surface area (TPSA) is 72.8 Å². The molecule has 8 heteroatoms. The number of aromatic nitrogens is 1. The second-order valence-corrected chi connectivity index (χ2v) is 9.37. The highest BCUT2D eigenvalue weighted by molar-refractivity contribution is 7.19. The van der Waals surface area contributed by atoms with Crippen molar-refractivity contribution in [3.8, 4) is 0 Å². The standard InChI is InChI=1S/C22H29N5OS2/c1-2-23-21(24-10-9-17-15-29-22(26-17)27-11-5-6-12-27)25-14-18(28)20-13-16-7-3-4-8-19(16)30-20/h3-4,7-8,13,15,18,28H,2,5-6,9-12,14H2,1H3,(H2,23,24,25). The number of aliphatic imine (C=N–C) groups is 1. The van der Waals surface area contributed by atoms with Crippen molar-refractivity contribution in [2.75, 3.05) is 37.6 Å². The number of aliphatic hydroxyl groups excluding tert-OH is 1. The Bertz CT molecular complexity index is 944. The first kappa shape index (κ1) is 21.1. The van der Waals surface area contributed by atoms with Crippen molar-refractivity contribution in [1.29, 1.82) is 0 Å². The van der Waals surface area contributed by atoms with Gasteiger partial charge < -0.3 is 20.6 Å². The monoisotopic (exact) mass is 443 g/mol. The first-order valence-electron chi connectivity index (χ1n) is 10.6. The van der Waals surface area contributed by atoms with Gasteiger partial charge in [-0.15, -0.1) is 22.7 Å². The molecule has 0 amide bonds. The normalized spacial score (nSPS) is 15.7. The first-order valence-corrected chi connectivity index (χ1v) is 12.3. The van der Waals surface area contributed by atoms with Gasteiger partial charge >= 0.3 is 0 Å². The summed E-state index contributed by atoms with van der Waals surface area (Å²) < 4.78 is 1.19. The second kappa shape index (κ2) is 10.2. The lowest BCUT2D eigenvalue weighted by molar-refractivity contribution is 0.191. The predicted octanol–water partition coefficient (Wildman–Crippen LogP) is 3.79. The van der Waals surface area contributed by atoms with Gasteiger partial charge in [-0.1, -0.05) is 18.2 Å². The number of fused-ring (bicyclic) bond motifs is 1. The first-order chi connectivity index (χ1) is 14.7. The number of hydrogen-bond donors (Lipinski definition) is 3. The molecule has 0 spiro atoms. The molecule has 0 saturated carbocycles. The number of anilines is 1. The van der Waals surface area contributed by atoms with Crippen LogP contribution in [0.15, 0.2) is 40.7 Å². The highest BCUT2D eigenvalue weighted by atomic mass is 32.1. The summed E-state index contributed by atoms with van der Waals surface area (Å²) in [5, 5.41) is 21.7. The molecule has 1 unspecified atom stereocenters. The van der Waals surface area contributed by atoms with Gasteiger partial charge in [0.15, 0.2) is 11.1 Å². The van der Waals surface area contributed by atoms with Gasteiger partial charge in [-0.05, 0) is 37.3 Å². The number of aliphatic hydroxyl groups is 1. The molecule has 2 aromatic heterocycles. The average Bonchev–Trinajstić information content (AvgIpc) is 3.51. The van der Waals surface area contributed by atoms with Crippen molar-refractivity contribution < 1.29 is 5.11 Å². The van der Waals surface area contributed by atoms with E-state index in [-0.39, 0.29) is 0 Å². The lowest BCUT2D eigenvalue weighted by Crippen LogP contribution is -2.38. The van der Waals surface area contributed by atoms with Crippen LogP contribution in [0.2, 0.25) is 0 Å². The summed E-state index contributed by atoms with van der Waals surface area (Å²) in [6, 6.07) is 10.3. The Morgan fingerprint density at radius 1 is 1.27 bits per heavy atom. The quantitative estimate of drug-likeness (QED) is 0.365. The molecule has 0 radical (unpaired) electrons. The Hall–Kier alpha value is -2.16. The van der Waals surface area contributed by atoms with Crippen LogP contribution in [0.4, 0.5) is 5.13 Å². The summed E-state index contributed by atoms with van der Waals surface area (Å²) in [6.07, 6.45) is 2.80. The van der Waals surface area contributed by atoms with E-state index in [4.69, 9.17) is 4.98 Å². The fraction of sp³-hybridized carbons (Fsp3) is 0.455. The smallest absolute Gasteiger partial charge is 0.191 e. The molecular weight excluding hydrogens is 414 g/mol. The summed E-state index contributed by atoms with van der Waals surface area (Å²) in [7, 11) is 0. The molecule has 1 aromatic carbocycles. The van der Waals surface area contributed by atoms with E-state index < -0.39 is 6.10 Å². The van der Waals surface area contributed by atoms with Crippen LogP contribution in [-0.4, -0.2) is 48.8 Å². The van der Waals surface area contributed by atoms with Crippen molar-refractivity contribution in [2.24, 2.45) is 4.99 Å². The van der Waals surface area contributed by atoms with E-state index in [0.29, 0.717) is 6.54 Å². The molecule has 3 N–H and O–H groups in total. The summed E-state index contributed by atoms with van der Waals surface area (Å²) in [5.41, 5.74) is 1.12. The molecule has 0 bridgehead atoms. The Labute approximate surface area is 185 Å². The minimum Gasteiger partial charge on any atom is -0.386 e.